The van der Waals surface area contributed by atoms with E-state index in [4.69, 9.17) is 26.1 Å². The van der Waals surface area contributed by atoms with Gasteiger partial charge in [0.25, 0.3) is 5.96 Å². The molecule has 0 spiro atoms. The van der Waals surface area contributed by atoms with Gasteiger partial charge < -0.3 is 26.6 Å². The zero-order chi connectivity index (χ0) is 30.1. The van der Waals surface area contributed by atoms with Crippen molar-refractivity contribution in [3.05, 3.63) is 81.9 Å². The number of halogens is 3. The number of esters is 1. The van der Waals surface area contributed by atoms with Gasteiger partial charge in [-0.25, -0.2) is 24.7 Å². The molecule has 40 heavy (non-hydrogen) atoms. The summed E-state index contributed by atoms with van der Waals surface area (Å²) in [6.07, 6.45) is -4.21. The molecule has 0 saturated heterocycles. The summed E-state index contributed by atoms with van der Waals surface area (Å²) < 4.78 is 37.1. The molecule has 0 aromatic heterocycles. The first-order valence-electron chi connectivity index (χ1n) is 11.6. The lowest BCUT2D eigenvalue weighted by molar-refractivity contribution is -0.525. The Labute approximate surface area is 226 Å². The van der Waals surface area contributed by atoms with Gasteiger partial charge in [-0.2, -0.15) is 13.2 Å². The number of hydrogen-bond donors (Lipinski definition) is 5. The van der Waals surface area contributed by atoms with E-state index in [2.05, 4.69) is 10.3 Å². The van der Waals surface area contributed by atoms with Crippen LogP contribution in [0, 0.1) is 10.1 Å². The van der Waals surface area contributed by atoms with Crippen LogP contribution in [0.2, 0.25) is 0 Å². The fourth-order valence-corrected chi connectivity index (χ4v) is 2.92. The maximum absolute atomic E-state index is 12.7. The number of amides is 1. The molecule has 2 atom stereocenters. The molecule has 0 heterocycles. The van der Waals surface area contributed by atoms with Crippen molar-refractivity contribution in [2.45, 2.75) is 44.1 Å². The van der Waals surface area contributed by atoms with Gasteiger partial charge in [0.15, 0.2) is 5.03 Å². The van der Waals surface area contributed by atoms with E-state index in [0.29, 0.717) is 6.42 Å². The number of hydrazine groups is 1. The van der Waals surface area contributed by atoms with Gasteiger partial charge in [-0.15, -0.1) is 0 Å². The quantitative estimate of drug-likeness (QED) is 0.0616. The van der Waals surface area contributed by atoms with Crippen LogP contribution in [0.25, 0.3) is 0 Å². The molecule has 218 valence electrons. The predicted octanol–water partition coefficient (Wildman–Crippen LogP) is 1.29. The Balaban J connectivity index is 0.00000101. The van der Waals surface area contributed by atoms with Crippen molar-refractivity contribution in [1.29, 1.82) is 0 Å². The van der Waals surface area contributed by atoms with Crippen molar-refractivity contribution < 1.29 is 42.4 Å². The van der Waals surface area contributed by atoms with Gasteiger partial charge in [-0.05, 0) is 24.0 Å². The molecule has 16 heteroatoms. The van der Waals surface area contributed by atoms with Crippen LogP contribution in [-0.2, 0) is 32.1 Å². The minimum Gasteiger partial charge on any atom is -0.475 e. The summed E-state index contributed by atoms with van der Waals surface area (Å²) >= 11 is 0. The SMILES string of the molecule is NC(=NCCC[C@H](N)C(=O)N[C@@H](Cc1ccccc1)C(=O)OCc1ccccc1)N[N+](=O)[O-].O=C(O)C(F)(F)F. The summed E-state index contributed by atoms with van der Waals surface area (Å²) in [6.45, 7) is 0.241. The maximum atomic E-state index is 12.7. The fourth-order valence-electron chi connectivity index (χ4n) is 2.92. The summed E-state index contributed by atoms with van der Waals surface area (Å²) in [4.78, 5) is 48.3. The summed E-state index contributed by atoms with van der Waals surface area (Å²) in [7, 11) is 0. The number of nitrogens with zero attached hydrogens (tertiary/aromatic N) is 2. The van der Waals surface area contributed by atoms with E-state index < -0.39 is 41.1 Å². The molecule has 0 fully saturated rings. The number of benzene rings is 2. The van der Waals surface area contributed by atoms with Gasteiger partial charge in [0.1, 0.15) is 12.6 Å². The zero-order valence-electron chi connectivity index (χ0n) is 21.0. The predicted molar refractivity (Wildman–Crippen MR) is 136 cm³/mol. The fraction of sp³-hybridized carbons (Fsp3) is 0.333. The number of carbonyl (C=O) groups excluding carboxylic acids is 2. The van der Waals surface area contributed by atoms with E-state index in [1.54, 1.807) is 5.43 Å². The number of carbonyl (C=O) groups is 3. The standard InChI is InChI=1S/C22H28N6O5.C2HF3O2/c23-18(12-7-13-25-22(24)27-28(31)32)20(29)26-19(14-16-8-3-1-4-9-16)21(30)33-15-17-10-5-2-6-11-17;3-2(4,5)1(6)7/h1-6,8-11,18-19H,7,12-15,23H2,(H,26,29)(H3,24,25,27);(H,6,7)/t18-,19-;/m0./s1. The lowest BCUT2D eigenvalue weighted by Gasteiger charge is -2.20. The monoisotopic (exact) mass is 570 g/mol. The normalized spacial score (nSPS) is 12.7. The first kappa shape index (κ1) is 33.3. The van der Waals surface area contributed by atoms with Crippen LogP contribution >= 0.6 is 0 Å². The second-order valence-electron chi connectivity index (χ2n) is 8.03. The molecule has 0 bridgehead atoms. The number of carboxylic acid groups (broad SMARTS) is 1. The van der Waals surface area contributed by atoms with Crippen molar-refractivity contribution in [3.8, 4) is 0 Å². The molecule has 0 unspecified atom stereocenters. The van der Waals surface area contributed by atoms with Crippen LogP contribution in [0.1, 0.15) is 24.0 Å². The summed E-state index contributed by atoms with van der Waals surface area (Å²) in [6, 6.07) is 16.7. The number of aliphatic carboxylic acids is 1. The Kier molecular flexibility index (Phi) is 14.1. The number of rotatable bonds is 12. The Morgan fingerprint density at radius 3 is 2.08 bits per heavy atom. The van der Waals surface area contributed by atoms with Crippen molar-refractivity contribution in [1.82, 2.24) is 10.7 Å². The molecule has 0 aliphatic rings. The maximum Gasteiger partial charge on any atom is 0.490 e. The highest BCUT2D eigenvalue weighted by atomic mass is 19.4. The number of carboxylic acids is 1. The summed E-state index contributed by atoms with van der Waals surface area (Å²) in [5, 5.41) is 19.3. The van der Waals surface area contributed by atoms with Crippen LogP contribution in [0.15, 0.2) is 65.7 Å². The number of aliphatic imine (C=N–C) groups is 1. The second kappa shape index (κ2) is 17.0. The zero-order valence-corrected chi connectivity index (χ0v) is 21.0. The topological polar surface area (TPSA) is 212 Å². The molecule has 1 amide bonds. The van der Waals surface area contributed by atoms with Crippen LogP contribution in [-0.4, -0.2) is 58.7 Å². The van der Waals surface area contributed by atoms with Crippen LogP contribution in [0.3, 0.4) is 0 Å². The third kappa shape index (κ3) is 14.3. The number of hydrogen-bond acceptors (Lipinski definition) is 8. The lowest BCUT2D eigenvalue weighted by Crippen LogP contribution is -2.49. The first-order valence-corrected chi connectivity index (χ1v) is 11.6. The third-order valence-electron chi connectivity index (χ3n) is 4.85. The molecule has 0 aliphatic heterocycles. The van der Waals surface area contributed by atoms with Gasteiger partial charge in [0, 0.05) is 13.0 Å². The van der Waals surface area contributed by atoms with E-state index in [9.17, 15) is 32.9 Å². The van der Waals surface area contributed by atoms with Crippen LogP contribution in [0.5, 0.6) is 0 Å². The minimum absolute atomic E-state index is 0.0878. The van der Waals surface area contributed by atoms with Gasteiger partial charge in [-0.3, -0.25) is 4.79 Å². The van der Waals surface area contributed by atoms with E-state index in [1.165, 1.54) is 0 Å². The number of ether oxygens (including phenoxy) is 1. The van der Waals surface area contributed by atoms with Crippen molar-refractivity contribution in [3.63, 3.8) is 0 Å². The van der Waals surface area contributed by atoms with Crippen molar-refractivity contribution >= 4 is 23.8 Å². The Bertz CT molecular complexity index is 1130. The molecular weight excluding hydrogens is 541 g/mol. The van der Waals surface area contributed by atoms with E-state index >= 15 is 0 Å². The molecule has 0 radical (unpaired) electrons. The number of nitrogens with two attached hydrogens (primary N) is 2. The number of alkyl halides is 3. The van der Waals surface area contributed by atoms with E-state index in [-0.39, 0.29) is 32.0 Å². The Hall–Kier alpha value is -4.73. The lowest BCUT2D eigenvalue weighted by atomic mass is 10.0. The molecule has 13 nitrogen and oxygen atoms in total. The number of nitro groups is 1. The van der Waals surface area contributed by atoms with Crippen LogP contribution < -0.4 is 22.2 Å². The van der Waals surface area contributed by atoms with Crippen molar-refractivity contribution in [2.24, 2.45) is 16.5 Å². The number of guanidine groups is 1. The smallest absolute Gasteiger partial charge is 0.475 e. The molecule has 2 aromatic carbocycles. The van der Waals surface area contributed by atoms with Crippen LogP contribution in [0.4, 0.5) is 13.2 Å². The highest BCUT2D eigenvalue weighted by Gasteiger charge is 2.38. The molecule has 7 N–H and O–H groups in total. The summed E-state index contributed by atoms with van der Waals surface area (Å²) in [5.41, 5.74) is 14.7. The second-order valence-corrected chi connectivity index (χ2v) is 8.03. The Morgan fingerprint density at radius 1 is 1.05 bits per heavy atom. The molecule has 2 aromatic rings. The van der Waals surface area contributed by atoms with E-state index in [1.807, 2.05) is 60.7 Å². The average Bonchev–Trinajstić information content (AvgIpc) is 2.89. The minimum atomic E-state index is -5.08. The van der Waals surface area contributed by atoms with Gasteiger partial charge in [0.2, 0.25) is 5.91 Å². The highest BCUT2D eigenvalue weighted by molar-refractivity contribution is 5.87. The average molecular weight is 571 g/mol. The summed E-state index contributed by atoms with van der Waals surface area (Å²) in [5.74, 6) is -4.16. The van der Waals surface area contributed by atoms with Crippen molar-refractivity contribution in [2.75, 3.05) is 6.54 Å². The largest absolute Gasteiger partial charge is 0.490 e. The first-order chi connectivity index (χ1) is 18.8. The number of nitrogens with one attached hydrogen (secondary N) is 2. The van der Waals surface area contributed by atoms with Gasteiger partial charge >= 0.3 is 18.1 Å². The van der Waals surface area contributed by atoms with Gasteiger partial charge in [0.05, 0.1) is 6.04 Å². The van der Waals surface area contributed by atoms with E-state index in [0.717, 1.165) is 11.1 Å². The Morgan fingerprint density at radius 2 is 1.57 bits per heavy atom. The van der Waals surface area contributed by atoms with Gasteiger partial charge in [-0.1, -0.05) is 66.1 Å². The molecular formula is C24H29F3N6O7. The highest BCUT2D eigenvalue weighted by Crippen LogP contribution is 2.13. The molecule has 0 saturated carbocycles. The molecule has 2 rings (SSSR count). The third-order valence-corrected chi connectivity index (χ3v) is 4.85. The molecule has 0 aliphatic carbocycles.